The first-order valence-corrected chi connectivity index (χ1v) is 13.4. The maximum absolute atomic E-state index is 2.72. The van der Waals surface area contributed by atoms with Gasteiger partial charge >= 0.3 is 121 Å². The second-order valence-electron chi connectivity index (χ2n) is 7.18. The number of hydrogen-bond acceptors (Lipinski definition) is 1. The number of rotatable bonds is 4. The van der Waals surface area contributed by atoms with Crippen molar-refractivity contribution in [2.75, 3.05) is 19.6 Å². The van der Waals surface area contributed by atoms with E-state index in [0.29, 0.717) is 0 Å². The van der Waals surface area contributed by atoms with E-state index in [1.807, 2.05) is 0 Å². The Hall–Kier alpha value is 0.596. The summed E-state index contributed by atoms with van der Waals surface area (Å²) in [4.78, 5) is 7.70. The molecule has 0 atom stereocenters. The van der Waals surface area contributed by atoms with E-state index in [9.17, 15) is 0 Å². The van der Waals surface area contributed by atoms with Gasteiger partial charge in [0.05, 0.1) is 0 Å². The van der Waals surface area contributed by atoms with Crippen LogP contribution in [0.4, 0.5) is 0 Å². The third-order valence-corrected chi connectivity index (χ3v) is 12.6. The number of nitrogens with zero attached hydrogens (tertiary/aromatic N) is 1. The van der Waals surface area contributed by atoms with Gasteiger partial charge in [0.1, 0.15) is 0 Å². The van der Waals surface area contributed by atoms with E-state index in [1.54, 1.807) is 14.9 Å². The van der Waals surface area contributed by atoms with Crippen molar-refractivity contribution in [2.24, 2.45) is 11.8 Å². The van der Waals surface area contributed by atoms with Crippen LogP contribution in [0.25, 0.3) is 0 Å². The van der Waals surface area contributed by atoms with Gasteiger partial charge in [0.2, 0.25) is 0 Å². The predicted molar refractivity (Wildman–Crippen MR) is 84.8 cm³/mol. The summed E-state index contributed by atoms with van der Waals surface area (Å²) in [5.41, 5.74) is 0. The van der Waals surface area contributed by atoms with E-state index in [2.05, 4.69) is 32.6 Å². The Morgan fingerprint density at radius 3 is 1.83 bits per heavy atom. The average Bonchev–Trinajstić information content (AvgIpc) is 2.27. The molecule has 0 bridgehead atoms. The molecule has 2 heteroatoms. The normalized spacial score (nSPS) is 20.7. The average molecular weight is 310 g/mol. The molecule has 106 valence electrons. The van der Waals surface area contributed by atoms with Crippen LogP contribution in [0.5, 0.6) is 0 Å². The Kier molecular flexibility index (Phi) is 8.78. The molecule has 1 rings (SSSR count). The van der Waals surface area contributed by atoms with Crippen molar-refractivity contribution in [1.82, 2.24) is 4.90 Å². The molecule has 1 aliphatic heterocycles. The van der Waals surface area contributed by atoms with Crippen LogP contribution in [-0.4, -0.2) is 40.8 Å². The van der Waals surface area contributed by atoms with Gasteiger partial charge in [0, 0.05) is 0 Å². The molecule has 0 unspecified atom stereocenters. The Morgan fingerprint density at radius 1 is 0.833 bits per heavy atom. The molecular formula is C16H34GaN. The SMILES string of the molecule is CC(C)CN1CCC[CH2][Ga]([CH2]C(C)C)[CH2]CCC1. The van der Waals surface area contributed by atoms with Gasteiger partial charge in [-0.3, -0.25) is 0 Å². The summed E-state index contributed by atoms with van der Waals surface area (Å²) in [5.74, 6) is 1.80. The van der Waals surface area contributed by atoms with Crippen LogP contribution >= 0.6 is 0 Å². The summed E-state index contributed by atoms with van der Waals surface area (Å²) in [6.45, 7) is 13.6. The Balaban J connectivity index is 2.31. The molecule has 0 aromatic rings. The van der Waals surface area contributed by atoms with Crippen LogP contribution in [-0.2, 0) is 0 Å². The first-order chi connectivity index (χ1) is 8.58. The molecule has 0 amide bonds. The second kappa shape index (κ2) is 9.49. The fourth-order valence-corrected chi connectivity index (χ4v) is 11.4. The van der Waals surface area contributed by atoms with Crippen LogP contribution in [0.1, 0.15) is 53.4 Å². The van der Waals surface area contributed by atoms with E-state index >= 15 is 0 Å². The van der Waals surface area contributed by atoms with Crippen LogP contribution in [0, 0.1) is 11.8 Å². The van der Waals surface area contributed by atoms with E-state index in [4.69, 9.17) is 0 Å². The van der Waals surface area contributed by atoms with Crippen molar-refractivity contribution in [3.05, 3.63) is 0 Å². The zero-order valence-electron chi connectivity index (χ0n) is 13.3. The van der Waals surface area contributed by atoms with E-state index < -0.39 is 16.2 Å². The summed E-state index contributed by atoms with van der Waals surface area (Å²) in [7, 11) is 0. The molecule has 0 aliphatic carbocycles. The molecule has 18 heavy (non-hydrogen) atoms. The summed E-state index contributed by atoms with van der Waals surface area (Å²) in [6.07, 6.45) is 6.00. The predicted octanol–water partition coefficient (Wildman–Crippen LogP) is 4.67. The van der Waals surface area contributed by atoms with Crippen LogP contribution in [0.15, 0.2) is 0 Å². The van der Waals surface area contributed by atoms with Gasteiger partial charge in [-0.1, -0.05) is 0 Å². The topological polar surface area (TPSA) is 3.24 Å². The first-order valence-electron chi connectivity index (χ1n) is 8.30. The van der Waals surface area contributed by atoms with Gasteiger partial charge in [-0.15, -0.1) is 0 Å². The molecular weight excluding hydrogens is 276 g/mol. The molecule has 1 heterocycles. The van der Waals surface area contributed by atoms with Crippen LogP contribution < -0.4 is 0 Å². The molecule has 1 saturated heterocycles. The molecule has 1 nitrogen and oxygen atoms in total. The summed E-state index contributed by atoms with van der Waals surface area (Å²) in [5, 5.41) is 0. The summed E-state index contributed by atoms with van der Waals surface area (Å²) in [6, 6.07) is 0. The molecule has 1 aliphatic rings. The van der Waals surface area contributed by atoms with Crippen molar-refractivity contribution >= 4 is 16.2 Å². The van der Waals surface area contributed by atoms with Gasteiger partial charge in [0.25, 0.3) is 0 Å². The summed E-state index contributed by atoms with van der Waals surface area (Å²) >= 11 is -0.861. The van der Waals surface area contributed by atoms with Crippen molar-refractivity contribution in [3.8, 4) is 0 Å². The van der Waals surface area contributed by atoms with Crippen molar-refractivity contribution in [1.29, 1.82) is 0 Å². The molecule has 0 aromatic carbocycles. The number of hydrogen-bond donors (Lipinski definition) is 0. The zero-order valence-corrected chi connectivity index (χ0v) is 15.7. The van der Waals surface area contributed by atoms with Gasteiger partial charge in [-0.05, 0) is 0 Å². The van der Waals surface area contributed by atoms with E-state index in [0.717, 1.165) is 11.8 Å². The molecule has 0 N–H and O–H groups in total. The van der Waals surface area contributed by atoms with Gasteiger partial charge < -0.3 is 0 Å². The monoisotopic (exact) mass is 309 g/mol. The fourth-order valence-electron chi connectivity index (χ4n) is 3.39. The zero-order chi connectivity index (χ0) is 13.4. The first kappa shape index (κ1) is 16.7. The van der Waals surface area contributed by atoms with Gasteiger partial charge in [-0.2, -0.15) is 0 Å². The van der Waals surface area contributed by atoms with E-state index in [1.165, 1.54) is 45.3 Å². The third kappa shape index (κ3) is 7.91. The van der Waals surface area contributed by atoms with Gasteiger partial charge in [0.15, 0.2) is 0 Å². The quantitative estimate of drug-likeness (QED) is 0.682. The van der Waals surface area contributed by atoms with Crippen molar-refractivity contribution < 1.29 is 0 Å². The molecule has 0 saturated carbocycles. The second-order valence-corrected chi connectivity index (χ2v) is 14.2. The minimum atomic E-state index is -0.861. The Bertz CT molecular complexity index is 169. The molecule has 0 radical (unpaired) electrons. The Labute approximate surface area is 121 Å². The maximum atomic E-state index is 2.72. The van der Waals surface area contributed by atoms with Crippen LogP contribution in [0.2, 0.25) is 14.9 Å². The van der Waals surface area contributed by atoms with Crippen LogP contribution in [0.3, 0.4) is 0 Å². The Morgan fingerprint density at radius 2 is 1.39 bits per heavy atom. The molecule has 1 fully saturated rings. The van der Waals surface area contributed by atoms with Gasteiger partial charge in [-0.25, -0.2) is 0 Å². The standard InChI is InChI=1S/C12H25N.C4H9.Ga/c1-5-7-9-13(10-8-6-2)11-12(3)4;1-4(2)3;/h12H,1-2,5-11H2,3-4H3;4H,1H2,2-3H3;. The fraction of sp³-hybridized carbons (Fsp3) is 1.00. The van der Waals surface area contributed by atoms with Crippen molar-refractivity contribution in [2.45, 2.75) is 68.3 Å². The minimum absolute atomic E-state index is 0.833. The molecule has 0 spiro atoms. The van der Waals surface area contributed by atoms with E-state index in [-0.39, 0.29) is 0 Å². The summed E-state index contributed by atoms with van der Waals surface area (Å²) < 4.78 is 0. The third-order valence-electron chi connectivity index (χ3n) is 4.10. The molecule has 0 aromatic heterocycles. The van der Waals surface area contributed by atoms with Crippen molar-refractivity contribution in [3.63, 3.8) is 0 Å².